The minimum absolute atomic E-state index is 0.0669. The van der Waals surface area contributed by atoms with Crippen molar-refractivity contribution in [2.45, 2.75) is 12.8 Å². The molecule has 1 atom stereocenters. The zero-order valence-corrected chi connectivity index (χ0v) is 14.8. The number of carbonyl (C=O) groups excluding carboxylic acids is 1. The maximum Gasteiger partial charge on any atom is 0.255 e. The molecule has 0 N–H and O–H groups in total. The maximum absolute atomic E-state index is 12.9. The van der Waals surface area contributed by atoms with Crippen LogP contribution in [0.4, 0.5) is 0 Å². The molecule has 0 bridgehead atoms. The fraction of sp³-hybridized carbons (Fsp3) is 0.667. The summed E-state index contributed by atoms with van der Waals surface area (Å²) in [6.07, 6.45) is 3.68. The number of rotatable bonds is 4. The van der Waals surface area contributed by atoms with Gasteiger partial charge in [-0.15, -0.1) is 0 Å². The normalized spacial score (nSPS) is 23.0. The summed E-state index contributed by atoms with van der Waals surface area (Å²) < 4.78 is 10.6. The number of ether oxygens (including phenoxy) is 2. The number of hydrogen-bond acceptors (Lipinski definition) is 5. The van der Waals surface area contributed by atoms with Gasteiger partial charge in [0.2, 0.25) is 5.88 Å². The van der Waals surface area contributed by atoms with Crippen LogP contribution < -0.4 is 4.74 Å². The van der Waals surface area contributed by atoms with Gasteiger partial charge in [-0.3, -0.25) is 4.79 Å². The summed E-state index contributed by atoms with van der Waals surface area (Å²) in [5.74, 6) is 1.09. The largest absolute Gasteiger partial charge is 0.481 e. The van der Waals surface area contributed by atoms with Crippen molar-refractivity contribution in [1.82, 2.24) is 14.8 Å². The predicted octanol–water partition coefficient (Wildman–Crippen LogP) is 1.52. The molecule has 0 aromatic carbocycles. The van der Waals surface area contributed by atoms with Gasteiger partial charge in [0, 0.05) is 45.1 Å². The first-order valence-corrected chi connectivity index (χ1v) is 8.56. The van der Waals surface area contributed by atoms with E-state index in [1.54, 1.807) is 25.4 Å². The molecule has 3 heterocycles. The van der Waals surface area contributed by atoms with Gasteiger partial charge in [-0.2, -0.15) is 0 Å². The lowest BCUT2D eigenvalue weighted by Gasteiger charge is -2.38. The summed E-state index contributed by atoms with van der Waals surface area (Å²) in [4.78, 5) is 21.3. The monoisotopic (exact) mass is 333 g/mol. The highest BCUT2D eigenvalue weighted by Gasteiger charge is 2.48. The Morgan fingerprint density at radius 3 is 2.75 bits per heavy atom. The third-order valence-electron chi connectivity index (χ3n) is 5.37. The van der Waals surface area contributed by atoms with Crippen LogP contribution in [-0.2, 0) is 4.74 Å². The lowest BCUT2D eigenvalue weighted by molar-refractivity contribution is -0.00451. The summed E-state index contributed by atoms with van der Waals surface area (Å²) in [5, 5.41) is 0. The predicted molar refractivity (Wildman–Crippen MR) is 91.2 cm³/mol. The van der Waals surface area contributed by atoms with E-state index < -0.39 is 0 Å². The average Bonchev–Trinajstić information content (AvgIpc) is 2.92. The molecule has 1 amide bonds. The molecule has 6 nitrogen and oxygen atoms in total. The molecule has 2 saturated heterocycles. The molecular formula is C18H27N3O3. The molecule has 1 spiro atoms. The standard InChI is InChI=1S/C18H27N3O3/c1-20(2)11-15-12-21(13-18(15)6-8-24-9-7-18)17(22)14-4-5-16(23-3)19-10-14/h4-5,10,15H,6-9,11-13H2,1-3H3/t15-/m1/s1. The molecule has 1 aromatic heterocycles. The minimum atomic E-state index is 0.0669. The van der Waals surface area contributed by atoms with Crippen molar-refractivity contribution in [1.29, 1.82) is 0 Å². The van der Waals surface area contributed by atoms with E-state index in [1.165, 1.54) is 0 Å². The van der Waals surface area contributed by atoms with Crippen LogP contribution >= 0.6 is 0 Å². The Labute approximate surface area is 143 Å². The topological polar surface area (TPSA) is 54.9 Å². The van der Waals surface area contributed by atoms with Crippen molar-refractivity contribution in [3.8, 4) is 5.88 Å². The number of likely N-dealkylation sites (tertiary alicyclic amines) is 1. The lowest BCUT2D eigenvalue weighted by Crippen LogP contribution is -2.40. The fourth-order valence-corrected chi connectivity index (χ4v) is 4.03. The summed E-state index contributed by atoms with van der Waals surface area (Å²) in [6, 6.07) is 3.54. The zero-order valence-electron chi connectivity index (χ0n) is 14.8. The Balaban J connectivity index is 1.77. The van der Waals surface area contributed by atoms with E-state index in [9.17, 15) is 4.79 Å². The van der Waals surface area contributed by atoms with E-state index in [-0.39, 0.29) is 11.3 Å². The van der Waals surface area contributed by atoms with Crippen molar-refractivity contribution in [3.05, 3.63) is 23.9 Å². The van der Waals surface area contributed by atoms with Gasteiger partial charge in [0.05, 0.1) is 12.7 Å². The van der Waals surface area contributed by atoms with E-state index >= 15 is 0 Å². The van der Waals surface area contributed by atoms with Gasteiger partial charge in [-0.1, -0.05) is 0 Å². The number of methoxy groups -OCH3 is 1. The first kappa shape index (κ1) is 17.2. The Hall–Kier alpha value is -1.66. The van der Waals surface area contributed by atoms with Gasteiger partial charge in [0.1, 0.15) is 0 Å². The van der Waals surface area contributed by atoms with E-state index in [1.807, 2.05) is 4.90 Å². The molecule has 2 aliphatic rings. The van der Waals surface area contributed by atoms with Gasteiger partial charge in [-0.05, 0) is 44.3 Å². The first-order chi connectivity index (χ1) is 11.5. The molecule has 2 aliphatic heterocycles. The molecular weight excluding hydrogens is 306 g/mol. The average molecular weight is 333 g/mol. The third-order valence-corrected chi connectivity index (χ3v) is 5.37. The number of aromatic nitrogens is 1. The molecule has 0 saturated carbocycles. The second-order valence-corrected chi connectivity index (χ2v) is 7.21. The number of amides is 1. The van der Waals surface area contributed by atoms with E-state index in [2.05, 4.69) is 24.0 Å². The number of nitrogens with zero attached hydrogens (tertiary/aromatic N) is 3. The van der Waals surface area contributed by atoms with Crippen molar-refractivity contribution in [2.24, 2.45) is 11.3 Å². The Kier molecular flexibility index (Phi) is 5.06. The molecule has 1 aromatic rings. The quantitative estimate of drug-likeness (QED) is 0.836. The summed E-state index contributed by atoms with van der Waals surface area (Å²) in [5.41, 5.74) is 0.821. The molecule has 0 radical (unpaired) electrons. The molecule has 132 valence electrons. The highest BCUT2D eigenvalue weighted by molar-refractivity contribution is 5.94. The van der Waals surface area contributed by atoms with Crippen LogP contribution in [0.5, 0.6) is 5.88 Å². The van der Waals surface area contributed by atoms with Crippen LogP contribution in [-0.4, -0.2) is 74.7 Å². The number of carbonyl (C=O) groups is 1. The Morgan fingerprint density at radius 2 is 2.17 bits per heavy atom. The van der Waals surface area contributed by atoms with Gasteiger partial charge >= 0.3 is 0 Å². The molecule has 0 unspecified atom stereocenters. The second-order valence-electron chi connectivity index (χ2n) is 7.21. The van der Waals surface area contributed by atoms with E-state index in [0.717, 1.165) is 45.7 Å². The van der Waals surface area contributed by atoms with Crippen LogP contribution in [0.2, 0.25) is 0 Å². The minimum Gasteiger partial charge on any atom is -0.481 e. The summed E-state index contributed by atoms with van der Waals surface area (Å²) in [6.45, 7) is 4.24. The Morgan fingerprint density at radius 1 is 1.42 bits per heavy atom. The zero-order chi connectivity index (χ0) is 17.2. The number of hydrogen-bond donors (Lipinski definition) is 0. The van der Waals surface area contributed by atoms with Gasteiger partial charge < -0.3 is 19.3 Å². The highest BCUT2D eigenvalue weighted by Crippen LogP contribution is 2.44. The smallest absolute Gasteiger partial charge is 0.255 e. The molecule has 0 aliphatic carbocycles. The highest BCUT2D eigenvalue weighted by atomic mass is 16.5. The van der Waals surface area contributed by atoms with Gasteiger partial charge in [-0.25, -0.2) is 4.98 Å². The van der Waals surface area contributed by atoms with Gasteiger partial charge in [0.25, 0.3) is 5.91 Å². The second kappa shape index (κ2) is 7.07. The van der Waals surface area contributed by atoms with Crippen LogP contribution in [0.1, 0.15) is 23.2 Å². The van der Waals surface area contributed by atoms with Crippen LogP contribution in [0.25, 0.3) is 0 Å². The molecule has 2 fully saturated rings. The SMILES string of the molecule is COc1ccc(C(=O)N2C[C@@H](CN(C)C)C3(CCOCC3)C2)cn1. The third kappa shape index (κ3) is 3.39. The van der Waals surface area contributed by atoms with Gasteiger partial charge in [0.15, 0.2) is 0 Å². The lowest BCUT2D eigenvalue weighted by atomic mass is 9.72. The molecule has 6 heteroatoms. The van der Waals surface area contributed by atoms with Crippen LogP contribution in [0.3, 0.4) is 0 Å². The fourth-order valence-electron chi connectivity index (χ4n) is 4.03. The van der Waals surface area contributed by atoms with Crippen molar-refractivity contribution in [2.75, 3.05) is 54.1 Å². The summed E-state index contributed by atoms with van der Waals surface area (Å²) >= 11 is 0. The van der Waals surface area contributed by atoms with Crippen molar-refractivity contribution < 1.29 is 14.3 Å². The maximum atomic E-state index is 12.9. The van der Waals surface area contributed by atoms with Crippen molar-refractivity contribution >= 4 is 5.91 Å². The molecule has 3 rings (SSSR count). The molecule has 24 heavy (non-hydrogen) atoms. The van der Waals surface area contributed by atoms with E-state index in [0.29, 0.717) is 17.4 Å². The van der Waals surface area contributed by atoms with E-state index in [4.69, 9.17) is 9.47 Å². The van der Waals surface area contributed by atoms with Crippen LogP contribution in [0, 0.1) is 11.3 Å². The van der Waals surface area contributed by atoms with Crippen LogP contribution in [0.15, 0.2) is 18.3 Å². The Bertz CT molecular complexity index is 567. The summed E-state index contributed by atoms with van der Waals surface area (Å²) in [7, 11) is 5.78. The first-order valence-electron chi connectivity index (χ1n) is 8.56. The van der Waals surface area contributed by atoms with Crippen molar-refractivity contribution in [3.63, 3.8) is 0 Å². The number of pyridine rings is 1.